The fourth-order valence-corrected chi connectivity index (χ4v) is 2.49. The van der Waals surface area contributed by atoms with Crippen molar-refractivity contribution in [2.75, 3.05) is 5.32 Å². The highest BCUT2D eigenvalue weighted by Gasteiger charge is 2.14. The first-order valence-corrected chi connectivity index (χ1v) is 8.22. The average Bonchev–Trinajstić information content (AvgIpc) is 3.10. The van der Waals surface area contributed by atoms with E-state index >= 15 is 0 Å². The van der Waals surface area contributed by atoms with Gasteiger partial charge in [0.05, 0.1) is 5.56 Å². The summed E-state index contributed by atoms with van der Waals surface area (Å²) in [6.07, 6.45) is 0. The lowest BCUT2D eigenvalue weighted by molar-refractivity contribution is 0.0917. The zero-order valence-electron chi connectivity index (χ0n) is 13.9. The summed E-state index contributed by atoms with van der Waals surface area (Å²) in [6.45, 7) is 1.97. The number of hydrazine groups is 1. The molecule has 0 radical (unpaired) electrons. The van der Waals surface area contributed by atoms with E-state index < -0.39 is 11.7 Å². The van der Waals surface area contributed by atoms with Gasteiger partial charge in [0.2, 0.25) is 0 Å². The second-order valence-corrected chi connectivity index (χ2v) is 5.95. The molecule has 3 aromatic rings. The van der Waals surface area contributed by atoms with E-state index in [2.05, 4.69) is 16.2 Å². The Balaban J connectivity index is 1.59. The molecular weight excluding hydrogens is 353 g/mol. The van der Waals surface area contributed by atoms with Crippen molar-refractivity contribution in [2.45, 2.75) is 6.92 Å². The summed E-state index contributed by atoms with van der Waals surface area (Å²) in [5, 5.41) is 3.18. The first-order valence-electron chi connectivity index (χ1n) is 7.81. The quantitative estimate of drug-likeness (QED) is 0.481. The molecule has 7 heteroatoms. The van der Waals surface area contributed by atoms with E-state index in [1.54, 1.807) is 18.2 Å². The monoisotopic (exact) mass is 369 g/mol. The largest absolute Gasteiger partial charge is 0.451 e. The molecule has 0 aliphatic carbocycles. The topological polar surface area (TPSA) is 66.3 Å². The van der Waals surface area contributed by atoms with Crippen LogP contribution in [0, 0.1) is 12.7 Å². The predicted molar refractivity (Wildman–Crippen MR) is 102 cm³/mol. The third kappa shape index (κ3) is 4.25. The Kier molecular flexibility index (Phi) is 5.28. The number of aryl methyl sites for hydroxylation is 1. The minimum atomic E-state index is -0.527. The molecule has 0 saturated carbocycles. The molecule has 1 heterocycles. The first kappa shape index (κ1) is 17.6. The molecule has 0 atom stereocenters. The number of hydrogen-bond donors (Lipinski definition) is 3. The van der Waals surface area contributed by atoms with Crippen molar-refractivity contribution < 1.29 is 13.6 Å². The highest BCUT2D eigenvalue weighted by molar-refractivity contribution is 7.80. The van der Waals surface area contributed by atoms with Crippen LogP contribution in [0.1, 0.15) is 16.1 Å². The van der Waals surface area contributed by atoms with Gasteiger partial charge >= 0.3 is 5.91 Å². The van der Waals surface area contributed by atoms with Crippen LogP contribution >= 0.6 is 12.2 Å². The summed E-state index contributed by atoms with van der Waals surface area (Å²) in [7, 11) is 0. The van der Waals surface area contributed by atoms with Gasteiger partial charge in [0.25, 0.3) is 0 Å². The number of hydrogen-bond acceptors (Lipinski definition) is 3. The van der Waals surface area contributed by atoms with Crippen LogP contribution in [0.15, 0.2) is 65.1 Å². The van der Waals surface area contributed by atoms with E-state index in [1.807, 2.05) is 31.2 Å². The number of carbonyl (C=O) groups is 1. The molecule has 5 nitrogen and oxygen atoms in total. The van der Waals surface area contributed by atoms with Crippen LogP contribution in [0.5, 0.6) is 0 Å². The Morgan fingerprint density at radius 2 is 1.85 bits per heavy atom. The number of thiocarbonyl (C=S) groups is 1. The number of benzene rings is 2. The summed E-state index contributed by atoms with van der Waals surface area (Å²) in [4.78, 5) is 12.1. The van der Waals surface area contributed by atoms with Gasteiger partial charge in [-0.1, -0.05) is 24.3 Å². The molecule has 132 valence electrons. The van der Waals surface area contributed by atoms with Gasteiger partial charge in [-0.25, -0.2) is 4.39 Å². The lowest BCUT2D eigenvalue weighted by Crippen LogP contribution is -2.43. The molecule has 26 heavy (non-hydrogen) atoms. The van der Waals surface area contributed by atoms with Crippen LogP contribution < -0.4 is 16.2 Å². The molecule has 3 N–H and O–H groups in total. The fourth-order valence-electron chi connectivity index (χ4n) is 2.33. The van der Waals surface area contributed by atoms with Crippen LogP contribution in [0.2, 0.25) is 0 Å². The number of furan rings is 1. The number of nitrogens with one attached hydrogen (secondary N) is 3. The van der Waals surface area contributed by atoms with E-state index in [9.17, 15) is 9.18 Å². The van der Waals surface area contributed by atoms with E-state index in [4.69, 9.17) is 16.6 Å². The van der Waals surface area contributed by atoms with Crippen molar-refractivity contribution in [1.29, 1.82) is 0 Å². The Labute approximate surface area is 155 Å². The van der Waals surface area contributed by atoms with Crippen molar-refractivity contribution in [2.24, 2.45) is 0 Å². The molecule has 0 spiro atoms. The fraction of sp³-hybridized carbons (Fsp3) is 0.0526. The van der Waals surface area contributed by atoms with Gasteiger partial charge in [-0.3, -0.25) is 15.6 Å². The van der Waals surface area contributed by atoms with Crippen molar-refractivity contribution >= 4 is 28.9 Å². The van der Waals surface area contributed by atoms with Crippen molar-refractivity contribution in [3.63, 3.8) is 0 Å². The van der Waals surface area contributed by atoms with Crippen LogP contribution in [0.3, 0.4) is 0 Å². The second kappa shape index (κ2) is 7.79. The summed E-state index contributed by atoms with van der Waals surface area (Å²) in [6, 6.07) is 16.8. The molecule has 0 aliphatic rings. The van der Waals surface area contributed by atoms with E-state index in [1.165, 1.54) is 18.2 Å². The molecule has 0 unspecified atom stereocenters. The molecule has 0 fully saturated rings. The van der Waals surface area contributed by atoms with Gasteiger partial charge in [0, 0.05) is 5.69 Å². The van der Waals surface area contributed by atoms with Crippen LogP contribution in [-0.2, 0) is 0 Å². The van der Waals surface area contributed by atoms with Crippen LogP contribution in [0.4, 0.5) is 10.1 Å². The van der Waals surface area contributed by atoms with Crippen molar-refractivity contribution in [3.8, 4) is 11.3 Å². The lowest BCUT2D eigenvalue weighted by Gasteiger charge is -2.11. The Bertz CT molecular complexity index is 955. The molecule has 1 amide bonds. The van der Waals surface area contributed by atoms with E-state index in [0.29, 0.717) is 0 Å². The maximum absolute atomic E-state index is 13.8. The molecular formula is C19H16FN3O2S. The van der Waals surface area contributed by atoms with E-state index in [-0.39, 0.29) is 22.2 Å². The summed E-state index contributed by atoms with van der Waals surface area (Å²) < 4.78 is 19.2. The number of anilines is 1. The number of rotatable bonds is 3. The Morgan fingerprint density at radius 1 is 1.04 bits per heavy atom. The smallest absolute Gasteiger partial charge is 0.305 e. The summed E-state index contributed by atoms with van der Waals surface area (Å²) >= 11 is 5.13. The highest BCUT2D eigenvalue weighted by Crippen LogP contribution is 2.24. The molecule has 0 bridgehead atoms. The third-order valence-corrected chi connectivity index (χ3v) is 3.74. The van der Waals surface area contributed by atoms with Gasteiger partial charge in [0.1, 0.15) is 11.6 Å². The van der Waals surface area contributed by atoms with Gasteiger partial charge in [0.15, 0.2) is 10.9 Å². The highest BCUT2D eigenvalue weighted by atomic mass is 32.1. The van der Waals surface area contributed by atoms with E-state index in [0.717, 1.165) is 11.3 Å². The Hall–Kier alpha value is -3.19. The molecule has 0 saturated heterocycles. The van der Waals surface area contributed by atoms with Gasteiger partial charge in [-0.2, -0.15) is 0 Å². The SMILES string of the molecule is Cc1cccc(NC(=S)NNC(=O)c2ccc(-c3ccccc3F)o2)c1. The van der Waals surface area contributed by atoms with Gasteiger partial charge in [-0.15, -0.1) is 0 Å². The second-order valence-electron chi connectivity index (χ2n) is 5.55. The third-order valence-electron chi connectivity index (χ3n) is 3.53. The molecule has 3 rings (SSSR count). The minimum absolute atomic E-state index is 0.0362. The molecule has 0 aliphatic heterocycles. The lowest BCUT2D eigenvalue weighted by atomic mass is 10.1. The normalized spacial score (nSPS) is 10.2. The Morgan fingerprint density at radius 3 is 2.62 bits per heavy atom. The first-order chi connectivity index (χ1) is 12.5. The molecule has 1 aromatic heterocycles. The standard InChI is InChI=1S/C19H16FN3O2S/c1-12-5-4-6-13(11-12)21-19(26)23-22-18(24)17-10-9-16(25-17)14-7-2-3-8-15(14)20/h2-11H,1H3,(H,22,24)(H2,21,23,26). The number of carbonyl (C=O) groups excluding carboxylic acids is 1. The van der Waals surface area contributed by atoms with Crippen molar-refractivity contribution in [1.82, 2.24) is 10.9 Å². The zero-order chi connectivity index (χ0) is 18.5. The van der Waals surface area contributed by atoms with Gasteiger partial charge < -0.3 is 9.73 Å². The maximum atomic E-state index is 13.8. The predicted octanol–water partition coefficient (Wildman–Crippen LogP) is 4.03. The minimum Gasteiger partial charge on any atom is -0.451 e. The average molecular weight is 369 g/mol. The number of halogens is 1. The van der Waals surface area contributed by atoms with Crippen LogP contribution in [0.25, 0.3) is 11.3 Å². The van der Waals surface area contributed by atoms with Gasteiger partial charge in [-0.05, 0) is 61.1 Å². The zero-order valence-corrected chi connectivity index (χ0v) is 14.7. The maximum Gasteiger partial charge on any atom is 0.305 e. The van der Waals surface area contributed by atoms with Crippen molar-refractivity contribution in [3.05, 3.63) is 77.8 Å². The summed E-state index contributed by atoms with van der Waals surface area (Å²) in [5.41, 5.74) is 7.20. The number of amides is 1. The molecule has 2 aromatic carbocycles. The van der Waals surface area contributed by atoms with Crippen LogP contribution in [-0.4, -0.2) is 11.0 Å². The summed E-state index contributed by atoms with van der Waals surface area (Å²) in [5.74, 6) is -0.640.